The topological polar surface area (TPSA) is 34.9 Å². The van der Waals surface area contributed by atoms with Crippen molar-refractivity contribution in [1.82, 2.24) is 9.55 Å². The first-order valence-corrected chi connectivity index (χ1v) is 6.14. The van der Waals surface area contributed by atoms with Gasteiger partial charge in [0.05, 0.1) is 10.5 Å². The molecule has 0 amide bonds. The maximum Gasteiger partial charge on any atom is 0.253 e. The van der Waals surface area contributed by atoms with E-state index in [-0.39, 0.29) is 11.1 Å². The summed E-state index contributed by atoms with van der Waals surface area (Å²) < 4.78 is 1.75. The van der Waals surface area contributed by atoms with E-state index in [4.69, 9.17) is 23.2 Å². The van der Waals surface area contributed by atoms with Gasteiger partial charge in [-0.05, 0) is 25.8 Å². The van der Waals surface area contributed by atoms with Crippen molar-refractivity contribution in [2.24, 2.45) is 0 Å². The molecule has 3 nitrogen and oxygen atoms in total. The molecule has 0 aliphatic heterocycles. The molecule has 1 saturated carbocycles. The number of halogens is 2. The van der Waals surface area contributed by atoms with Gasteiger partial charge in [0.1, 0.15) is 5.15 Å². The van der Waals surface area contributed by atoms with E-state index in [1.54, 1.807) is 16.8 Å². The second-order valence-electron chi connectivity index (χ2n) is 4.70. The van der Waals surface area contributed by atoms with Gasteiger partial charge in [-0.2, -0.15) is 0 Å². The van der Waals surface area contributed by atoms with Crippen LogP contribution in [0.5, 0.6) is 0 Å². The van der Waals surface area contributed by atoms with Crippen LogP contribution in [0.25, 0.3) is 10.9 Å². The molecule has 0 bridgehead atoms. The van der Waals surface area contributed by atoms with Crippen molar-refractivity contribution in [1.29, 1.82) is 0 Å². The van der Waals surface area contributed by atoms with E-state index in [0.29, 0.717) is 15.7 Å². The van der Waals surface area contributed by atoms with E-state index in [1.807, 2.05) is 0 Å². The Morgan fingerprint density at radius 3 is 2.71 bits per heavy atom. The summed E-state index contributed by atoms with van der Waals surface area (Å²) in [5.74, 6) is 0. The number of hydrogen-bond donors (Lipinski definition) is 0. The normalized spacial score (nSPS) is 17.4. The fourth-order valence-electron chi connectivity index (χ4n) is 1.97. The Bertz CT molecular complexity index is 674. The number of rotatable bonds is 1. The van der Waals surface area contributed by atoms with E-state index in [0.717, 1.165) is 18.2 Å². The third-order valence-electron chi connectivity index (χ3n) is 3.32. The van der Waals surface area contributed by atoms with Gasteiger partial charge < -0.3 is 4.57 Å². The molecule has 17 heavy (non-hydrogen) atoms. The average molecular weight is 269 g/mol. The first-order chi connectivity index (χ1) is 7.99. The number of nitrogens with zero attached hydrogens (tertiary/aromatic N) is 2. The Morgan fingerprint density at radius 2 is 2.06 bits per heavy atom. The number of fused-ring (bicyclic) bond motifs is 1. The SMILES string of the molecule is CC1(n2cc3c(Cl)cc(Cl)nc3cc2=O)CC1. The molecule has 2 heterocycles. The Labute approximate surface area is 108 Å². The molecule has 5 heteroatoms. The molecule has 1 aliphatic rings. The van der Waals surface area contributed by atoms with Gasteiger partial charge in [0.25, 0.3) is 5.56 Å². The number of hydrogen-bond acceptors (Lipinski definition) is 2. The predicted octanol–water partition coefficient (Wildman–Crippen LogP) is 3.21. The first-order valence-electron chi connectivity index (χ1n) is 5.39. The minimum atomic E-state index is -0.0525. The number of pyridine rings is 2. The van der Waals surface area contributed by atoms with Crippen molar-refractivity contribution >= 4 is 34.1 Å². The molecule has 2 aromatic rings. The van der Waals surface area contributed by atoms with Crippen LogP contribution in [0.2, 0.25) is 10.2 Å². The van der Waals surface area contributed by atoms with Crippen LogP contribution in [0.4, 0.5) is 0 Å². The predicted molar refractivity (Wildman–Crippen MR) is 68.9 cm³/mol. The molecule has 0 spiro atoms. The van der Waals surface area contributed by atoms with Crippen LogP contribution in [0.1, 0.15) is 19.8 Å². The van der Waals surface area contributed by atoms with E-state index in [2.05, 4.69) is 11.9 Å². The summed E-state index contributed by atoms with van der Waals surface area (Å²) in [6.45, 7) is 2.07. The molecular formula is C12H10Cl2N2O. The molecule has 0 aromatic carbocycles. The Kier molecular flexibility index (Phi) is 2.25. The van der Waals surface area contributed by atoms with Gasteiger partial charge in [-0.1, -0.05) is 23.2 Å². The van der Waals surface area contributed by atoms with Crippen LogP contribution >= 0.6 is 23.2 Å². The Balaban J connectivity index is 2.35. The zero-order chi connectivity index (χ0) is 12.2. The summed E-state index contributed by atoms with van der Waals surface area (Å²) in [6.07, 6.45) is 3.84. The summed E-state index contributed by atoms with van der Waals surface area (Å²) in [4.78, 5) is 16.1. The molecule has 1 fully saturated rings. The fraction of sp³-hybridized carbons (Fsp3) is 0.333. The zero-order valence-corrected chi connectivity index (χ0v) is 10.7. The van der Waals surface area contributed by atoms with Crippen molar-refractivity contribution in [3.63, 3.8) is 0 Å². The van der Waals surface area contributed by atoms with E-state index in [9.17, 15) is 4.79 Å². The molecule has 88 valence electrons. The van der Waals surface area contributed by atoms with Crippen molar-refractivity contribution in [3.8, 4) is 0 Å². The van der Waals surface area contributed by atoms with Gasteiger partial charge in [-0.25, -0.2) is 4.98 Å². The standard InChI is InChI=1S/C12H10Cl2N2O/c1-12(2-3-12)16-6-7-8(13)4-10(14)15-9(7)5-11(16)17/h4-6H,2-3H2,1H3. The summed E-state index contributed by atoms with van der Waals surface area (Å²) in [7, 11) is 0. The molecule has 0 saturated heterocycles. The summed E-state index contributed by atoms with van der Waals surface area (Å²) in [5.41, 5.74) is 0.449. The second-order valence-corrected chi connectivity index (χ2v) is 5.50. The first kappa shape index (κ1) is 11.1. The highest BCUT2D eigenvalue weighted by Gasteiger charge is 2.40. The quantitative estimate of drug-likeness (QED) is 0.745. The zero-order valence-electron chi connectivity index (χ0n) is 9.20. The van der Waals surface area contributed by atoms with Gasteiger partial charge in [-0.15, -0.1) is 0 Å². The molecule has 3 rings (SSSR count). The molecule has 0 radical (unpaired) electrons. The third-order valence-corrected chi connectivity index (χ3v) is 3.82. The maximum atomic E-state index is 12.0. The minimum Gasteiger partial charge on any atom is -0.309 e. The van der Waals surface area contributed by atoms with Gasteiger partial charge in [0.15, 0.2) is 0 Å². The summed E-state index contributed by atoms with van der Waals surface area (Å²) >= 11 is 11.9. The molecule has 2 aromatic heterocycles. The van der Waals surface area contributed by atoms with Gasteiger partial charge in [-0.3, -0.25) is 4.79 Å². The van der Waals surface area contributed by atoms with Gasteiger partial charge >= 0.3 is 0 Å². The monoisotopic (exact) mass is 268 g/mol. The highest BCUT2D eigenvalue weighted by molar-refractivity contribution is 6.37. The third kappa shape index (κ3) is 1.74. The molecule has 1 aliphatic carbocycles. The highest BCUT2D eigenvalue weighted by Crippen LogP contribution is 2.42. The van der Waals surface area contributed by atoms with Crippen LogP contribution in [-0.4, -0.2) is 9.55 Å². The van der Waals surface area contributed by atoms with Crippen LogP contribution < -0.4 is 5.56 Å². The lowest BCUT2D eigenvalue weighted by Gasteiger charge is -2.14. The van der Waals surface area contributed by atoms with Gasteiger partial charge in [0.2, 0.25) is 0 Å². The summed E-state index contributed by atoms with van der Waals surface area (Å²) in [5, 5.41) is 1.60. The summed E-state index contributed by atoms with van der Waals surface area (Å²) in [6, 6.07) is 3.09. The van der Waals surface area contributed by atoms with Crippen molar-refractivity contribution in [3.05, 3.63) is 38.9 Å². The average Bonchev–Trinajstić information content (AvgIpc) is 2.95. The fourth-order valence-corrected chi connectivity index (χ4v) is 2.48. The van der Waals surface area contributed by atoms with Crippen molar-refractivity contribution < 1.29 is 0 Å². The van der Waals surface area contributed by atoms with E-state index in [1.165, 1.54) is 6.07 Å². The Hall–Kier alpha value is -1.06. The lowest BCUT2D eigenvalue weighted by Crippen LogP contribution is -2.27. The largest absolute Gasteiger partial charge is 0.309 e. The van der Waals surface area contributed by atoms with Crippen LogP contribution in [-0.2, 0) is 5.54 Å². The van der Waals surface area contributed by atoms with Crippen LogP contribution in [0.15, 0.2) is 23.1 Å². The molecular weight excluding hydrogens is 259 g/mol. The maximum absolute atomic E-state index is 12.0. The molecule has 0 N–H and O–H groups in total. The lowest BCUT2D eigenvalue weighted by atomic mass is 10.2. The van der Waals surface area contributed by atoms with Gasteiger partial charge in [0, 0.05) is 23.2 Å². The minimum absolute atomic E-state index is 0.0474. The molecule has 0 atom stereocenters. The lowest BCUT2D eigenvalue weighted by molar-refractivity contribution is 0.516. The smallest absolute Gasteiger partial charge is 0.253 e. The van der Waals surface area contributed by atoms with E-state index < -0.39 is 0 Å². The van der Waals surface area contributed by atoms with E-state index >= 15 is 0 Å². The van der Waals surface area contributed by atoms with Crippen molar-refractivity contribution in [2.75, 3.05) is 0 Å². The second kappa shape index (κ2) is 3.47. The van der Waals surface area contributed by atoms with Crippen LogP contribution in [0.3, 0.4) is 0 Å². The highest BCUT2D eigenvalue weighted by atomic mass is 35.5. The molecule has 0 unspecified atom stereocenters. The van der Waals surface area contributed by atoms with Crippen molar-refractivity contribution in [2.45, 2.75) is 25.3 Å². The Morgan fingerprint density at radius 1 is 1.35 bits per heavy atom. The van der Waals surface area contributed by atoms with Crippen LogP contribution in [0, 0.1) is 0 Å². The number of aromatic nitrogens is 2.